The van der Waals surface area contributed by atoms with Gasteiger partial charge >= 0.3 is 0 Å². The predicted molar refractivity (Wildman–Crippen MR) is 209 cm³/mol. The molecule has 0 amide bonds. The molecule has 10 aromatic rings. The highest BCUT2D eigenvalue weighted by molar-refractivity contribution is 6.25. The fourth-order valence-corrected chi connectivity index (χ4v) is 8.39. The smallest absolute Gasteiger partial charge is 0.136 e. The molecule has 0 radical (unpaired) electrons. The molecule has 9 aromatic carbocycles. The molecular formula is C48H26N2O. The van der Waals surface area contributed by atoms with E-state index in [9.17, 15) is 5.26 Å². The fraction of sp³-hybridized carbons (Fsp3) is 0. The van der Waals surface area contributed by atoms with Gasteiger partial charge in [-0.3, -0.25) is 4.98 Å². The van der Waals surface area contributed by atoms with Crippen LogP contribution in [-0.4, -0.2) is 4.98 Å². The van der Waals surface area contributed by atoms with Crippen LogP contribution >= 0.6 is 0 Å². The van der Waals surface area contributed by atoms with Gasteiger partial charge in [0.15, 0.2) is 0 Å². The number of pyridine rings is 1. The van der Waals surface area contributed by atoms with Gasteiger partial charge in [-0.15, -0.1) is 0 Å². The summed E-state index contributed by atoms with van der Waals surface area (Å²) in [7, 11) is 0. The second-order valence-electron chi connectivity index (χ2n) is 13.4. The van der Waals surface area contributed by atoms with Crippen molar-refractivity contribution in [2.45, 2.75) is 0 Å². The maximum atomic E-state index is 9.78. The average Bonchev–Trinajstić information content (AvgIpc) is 3.19. The van der Waals surface area contributed by atoms with E-state index in [1.54, 1.807) is 0 Å². The van der Waals surface area contributed by atoms with E-state index in [2.05, 4.69) is 126 Å². The topological polar surface area (TPSA) is 45.9 Å². The second kappa shape index (κ2) is 10.5. The zero-order valence-corrected chi connectivity index (χ0v) is 27.3. The Kier molecular flexibility index (Phi) is 5.73. The first-order valence-electron chi connectivity index (χ1n) is 17.2. The lowest BCUT2D eigenvalue weighted by Crippen LogP contribution is -1.98. The van der Waals surface area contributed by atoms with Crippen molar-refractivity contribution in [1.29, 1.82) is 5.26 Å². The Balaban J connectivity index is 1.05. The summed E-state index contributed by atoms with van der Waals surface area (Å²) in [5.41, 5.74) is 9.80. The number of benzene rings is 9. The number of hydrogen-bond donors (Lipinski definition) is 0. The van der Waals surface area contributed by atoms with Crippen molar-refractivity contribution >= 4 is 53.9 Å². The Bertz CT molecular complexity index is 3050. The van der Waals surface area contributed by atoms with Crippen molar-refractivity contribution < 1.29 is 4.74 Å². The Hall–Kier alpha value is -7.02. The van der Waals surface area contributed by atoms with Crippen molar-refractivity contribution in [2.75, 3.05) is 0 Å². The Labute approximate surface area is 293 Å². The van der Waals surface area contributed by atoms with Crippen LogP contribution in [0.3, 0.4) is 0 Å². The summed E-state index contributed by atoms with van der Waals surface area (Å²) in [5, 5.41) is 21.7. The largest absolute Gasteiger partial charge is 0.456 e. The molecule has 234 valence electrons. The van der Waals surface area contributed by atoms with E-state index >= 15 is 0 Å². The number of ether oxygens (including phenoxy) is 1. The SMILES string of the molecule is N#Cc1ccc2c3c(cccc13)-c1cc(-c3ccc(-c4cc5ccc6cc(-c7cccnc7)cc7ccc(c4)c5c67)c4ccccc34)ccc1O2. The highest BCUT2D eigenvalue weighted by Crippen LogP contribution is 2.49. The van der Waals surface area contributed by atoms with Crippen LogP contribution in [-0.2, 0) is 0 Å². The van der Waals surface area contributed by atoms with Gasteiger partial charge in [-0.25, -0.2) is 0 Å². The van der Waals surface area contributed by atoms with Crippen LogP contribution < -0.4 is 4.74 Å². The number of rotatable bonds is 3. The molecule has 0 saturated heterocycles. The number of nitriles is 1. The van der Waals surface area contributed by atoms with E-state index in [1.807, 2.05) is 42.7 Å². The number of hydrogen-bond acceptors (Lipinski definition) is 3. The molecule has 3 nitrogen and oxygen atoms in total. The van der Waals surface area contributed by atoms with Crippen LogP contribution in [0.4, 0.5) is 0 Å². The Morgan fingerprint density at radius 2 is 1.08 bits per heavy atom. The van der Waals surface area contributed by atoms with Crippen LogP contribution in [0.1, 0.15) is 5.56 Å². The van der Waals surface area contributed by atoms with Crippen molar-refractivity contribution in [3.05, 3.63) is 164 Å². The van der Waals surface area contributed by atoms with E-state index in [4.69, 9.17) is 4.74 Å². The summed E-state index contributed by atoms with van der Waals surface area (Å²) in [6, 6.07) is 54.4. The second-order valence-corrected chi connectivity index (χ2v) is 13.4. The third-order valence-electron chi connectivity index (χ3n) is 10.7. The minimum atomic E-state index is 0.655. The molecule has 1 aliphatic heterocycles. The molecule has 0 bridgehead atoms. The molecule has 0 saturated carbocycles. The van der Waals surface area contributed by atoms with E-state index in [1.165, 1.54) is 65.3 Å². The molecule has 0 spiro atoms. The molecule has 51 heavy (non-hydrogen) atoms. The highest BCUT2D eigenvalue weighted by atomic mass is 16.5. The summed E-state index contributed by atoms with van der Waals surface area (Å²) >= 11 is 0. The molecule has 0 N–H and O–H groups in total. The lowest BCUT2D eigenvalue weighted by molar-refractivity contribution is 0.487. The Morgan fingerprint density at radius 1 is 0.431 bits per heavy atom. The summed E-state index contributed by atoms with van der Waals surface area (Å²) in [5.74, 6) is 1.61. The molecule has 1 aliphatic rings. The molecule has 0 unspecified atom stereocenters. The predicted octanol–water partition coefficient (Wildman–Crippen LogP) is 12.9. The Morgan fingerprint density at radius 3 is 1.75 bits per heavy atom. The van der Waals surface area contributed by atoms with Crippen molar-refractivity contribution in [2.24, 2.45) is 0 Å². The summed E-state index contributed by atoms with van der Waals surface area (Å²) in [6.07, 6.45) is 3.75. The molecule has 2 heterocycles. The zero-order valence-electron chi connectivity index (χ0n) is 27.3. The lowest BCUT2D eigenvalue weighted by Gasteiger charge is -2.22. The van der Waals surface area contributed by atoms with Gasteiger partial charge in [0.2, 0.25) is 0 Å². The third kappa shape index (κ3) is 4.08. The maximum absolute atomic E-state index is 9.78. The van der Waals surface area contributed by atoms with Crippen molar-refractivity contribution in [1.82, 2.24) is 4.98 Å². The third-order valence-corrected chi connectivity index (χ3v) is 10.7. The van der Waals surface area contributed by atoms with E-state index < -0.39 is 0 Å². The van der Waals surface area contributed by atoms with Crippen LogP contribution in [0.5, 0.6) is 11.5 Å². The van der Waals surface area contributed by atoms with Gasteiger partial charge in [-0.05, 0) is 131 Å². The van der Waals surface area contributed by atoms with Gasteiger partial charge in [0.25, 0.3) is 0 Å². The van der Waals surface area contributed by atoms with E-state index in [0.29, 0.717) is 5.56 Å². The first kappa shape index (κ1) is 27.9. The molecule has 0 aliphatic carbocycles. The van der Waals surface area contributed by atoms with Crippen molar-refractivity contribution in [3.63, 3.8) is 0 Å². The highest BCUT2D eigenvalue weighted by Gasteiger charge is 2.22. The van der Waals surface area contributed by atoms with Gasteiger partial charge < -0.3 is 4.74 Å². The lowest BCUT2D eigenvalue weighted by atomic mass is 9.87. The number of nitrogens with zero attached hydrogens (tertiary/aromatic N) is 2. The molecule has 0 fully saturated rings. The normalized spacial score (nSPS) is 12.1. The first-order chi connectivity index (χ1) is 25.2. The van der Waals surface area contributed by atoms with E-state index in [-0.39, 0.29) is 0 Å². The minimum absolute atomic E-state index is 0.655. The fourth-order valence-electron chi connectivity index (χ4n) is 8.39. The van der Waals surface area contributed by atoms with Gasteiger partial charge in [0.05, 0.1) is 11.6 Å². The standard InChI is InChI=1S/C48H26N2O/c49-26-33-15-19-45-48-39(33)8-3-9-42(48)43-25-28(14-18-44(43)51-45)37-16-17-38(41-7-2-1-6-40(37)41)36-23-31-12-10-29-21-35(34-5-4-20-50-27-34)22-30-11-13-32(24-36)47(31)46(29)30/h1-25,27H. The summed E-state index contributed by atoms with van der Waals surface area (Å²) < 4.78 is 6.40. The molecule has 1 aromatic heterocycles. The van der Waals surface area contributed by atoms with Gasteiger partial charge in [0.1, 0.15) is 11.5 Å². The molecular weight excluding hydrogens is 621 g/mol. The molecule has 11 rings (SSSR count). The molecule has 0 atom stereocenters. The number of aromatic nitrogens is 1. The summed E-state index contributed by atoms with van der Waals surface area (Å²) in [6.45, 7) is 0. The first-order valence-corrected chi connectivity index (χ1v) is 17.2. The van der Waals surface area contributed by atoms with Gasteiger partial charge in [0, 0.05) is 34.3 Å². The van der Waals surface area contributed by atoms with E-state index in [0.717, 1.165) is 44.5 Å². The van der Waals surface area contributed by atoms with Crippen LogP contribution in [0, 0.1) is 11.3 Å². The number of fused-ring (bicyclic) bond motifs is 3. The monoisotopic (exact) mass is 646 g/mol. The maximum Gasteiger partial charge on any atom is 0.136 e. The van der Waals surface area contributed by atoms with Crippen LogP contribution in [0.25, 0.3) is 98.4 Å². The quantitative estimate of drug-likeness (QED) is 0.179. The zero-order chi connectivity index (χ0) is 33.6. The average molecular weight is 647 g/mol. The van der Waals surface area contributed by atoms with Gasteiger partial charge in [-0.1, -0.05) is 91.0 Å². The van der Waals surface area contributed by atoms with Crippen LogP contribution in [0.15, 0.2) is 158 Å². The van der Waals surface area contributed by atoms with Gasteiger partial charge in [-0.2, -0.15) is 5.26 Å². The van der Waals surface area contributed by atoms with Crippen molar-refractivity contribution in [3.8, 4) is 62.1 Å². The minimum Gasteiger partial charge on any atom is -0.456 e. The van der Waals surface area contributed by atoms with Crippen LogP contribution in [0.2, 0.25) is 0 Å². The molecule has 3 heteroatoms. The summed E-state index contributed by atoms with van der Waals surface area (Å²) in [4.78, 5) is 4.35.